The fourth-order valence-electron chi connectivity index (χ4n) is 1.56. The average Bonchev–Trinajstić information content (AvgIpc) is 2.09. The zero-order valence-corrected chi connectivity index (χ0v) is 6.66. The number of hydrogen-bond donors (Lipinski definition) is 2. The summed E-state index contributed by atoms with van der Waals surface area (Å²) in [7, 11) is 1.96. The monoisotopic (exact) mass is 158 g/mol. The van der Waals surface area contributed by atoms with Crippen molar-refractivity contribution in [1.82, 2.24) is 4.90 Å². The third-order valence-electron chi connectivity index (χ3n) is 2.11. The Bertz CT molecular complexity index is 161. The molecule has 11 heavy (non-hydrogen) atoms. The van der Waals surface area contributed by atoms with Crippen LogP contribution in [0.1, 0.15) is 6.42 Å². The maximum atomic E-state index is 10.3. The van der Waals surface area contributed by atoms with Crippen LogP contribution in [0.25, 0.3) is 0 Å². The molecule has 0 aromatic rings. The molecule has 0 aromatic heterocycles. The summed E-state index contributed by atoms with van der Waals surface area (Å²) in [5.41, 5.74) is 5.71. The number of rotatable bonds is 2. The molecule has 0 spiro atoms. The number of carboxylic acids is 1. The van der Waals surface area contributed by atoms with Crippen LogP contribution in [-0.2, 0) is 4.79 Å². The Morgan fingerprint density at radius 1 is 1.73 bits per heavy atom. The largest absolute Gasteiger partial charge is 0.481 e. The lowest BCUT2D eigenvalue weighted by molar-refractivity contribution is -0.138. The minimum absolute atomic E-state index is 0.0381. The quantitative estimate of drug-likeness (QED) is 0.560. The Morgan fingerprint density at radius 3 is 2.73 bits per heavy atom. The zero-order valence-electron chi connectivity index (χ0n) is 6.66. The van der Waals surface area contributed by atoms with Gasteiger partial charge in [-0.25, -0.2) is 0 Å². The molecule has 3 N–H and O–H groups in total. The summed E-state index contributed by atoms with van der Waals surface area (Å²) in [6.07, 6.45) is 0.200. The fourth-order valence-corrected chi connectivity index (χ4v) is 1.56. The van der Waals surface area contributed by atoms with Crippen LogP contribution in [0.4, 0.5) is 0 Å². The highest BCUT2D eigenvalue weighted by molar-refractivity contribution is 5.67. The number of hydrogen-bond acceptors (Lipinski definition) is 3. The van der Waals surface area contributed by atoms with Gasteiger partial charge in [0.15, 0.2) is 0 Å². The van der Waals surface area contributed by atoms with E-state index in [9.17, 15) is 4.79 Å². The molecule has 0 amide bonds. The summed E-state index contributed by atoms with van der Waals surface area (Å²) in [6.45, 7) is 1.63. The first-order valence-corrected chi connectivity index (χ1v) is 3.75. The third kappa shape index (κ3) is 2.17. The molecule has 1 saturated heterocycles. The topological polar surface area (TPSA) is 66.6 Å². The van der Waals surface area contributed by atoms with Gasteiger partial charge in [0, 0.05) is 19.1 Å². The van der Waals surface area contributed by atoms with Crippen molar-refractivity contribution in [2.45, 2.75) is 12.5 Å². The number of likely N-dealkylation sites (N-methyl/N-ethyl adjacent to an activating group) is 1. The number of nitrogens with two attached hydrogens (primary N) is 1. The molecular weight excluding hydrogens is 144 g/mol. The minimum atomic E-state index is -0.749. The van der Waals surface area contributed by atoms with E-state index in [4.69, 9.17) is 10.8 Å². The first kappa shape index (κ1) is 8.49. The summed E-state index contributed by atoms with van der Waals surface area (Å²) in [6, 6.07) is 0.0381. The Labute approximate surface area is 66.0 Å². The minimum Gasteiger partial charge on any atom is -0.481 e. The van der Waals surface area contributed by atoms with Crippen molar-refractivity contribution >= 4 is 5.97 Å². The number of likely N-dealkylation sites (tertiary alicyclic amines) is 1. The second kappa shape index (κ2) is 3.19. The standard InChI is InChI=1S/C7H14N2O2/c1-9-3-5(2-7(10)11)6(8)4-9/h5-6H,2-4,8H2,1H3,(H,10,11)/t5-,6+/m0/s1. The van der Waals surface area contributed by atoms with E-state index >= 15 is 0 Å². The third-order valence-corrected chi connectivity index (χ3v) is 2.11. The van der Waals surface area contributed by atoms with Crippen LogP contribution in [0.5, 0.6) is 0 Å². The van der Waals surface area contributed by atoms with Crippen LogP contribution in [0, 0.1) is 5.92 Å². The lowest BCUT2D eigenvalue weighted by Crippen LogP contribution is -2.30. The van der Waals surface area contributed by atoms with Gasteiger partial charge in [-0.2, -0.15) is 0 Å². The Hall–Kier alpha value is -0.610. The summed E-state index contributed by atoms with van der Waals surface area (Å²) in [4.78, 5) is 12.4. The molecule has 0 aromatic carbocycles. The molecule has 0 bridgehead atoms. The molecule has 0 unspecified atom stereocenters. The molecule has 1 fully saturated rings. The summed E-state index contributed by atoms with van der Waals surface area (Å²) in [5.74, 6) is -0.613. The van der Waals surface area contributed by atoms with Gasteiger partial charge in [0.1, 0.15) is 0 Å². The lowest BCUT2D eigenvalue weighted by Gasteiger charge is -2.09. The molecular formula is C7H14N2O2. The van der Waals surface area contributed by atoms with Crippen LogP contribution in [0.3, 0.4) is 0 Å². The van der Waals surface area contributed by atoms with Crippen molar-refractivity contribution in [3.8, 4) is 0 Å². The number of aliphatic carboxylic acids is 1. The van der Waals surface area contributed by atoms with Gasteiger partial charge in [-0.15, -0.1) is 0 Å². The first-order valence-electron chi connectivity index (χ1n) is 3.75. The van der Waals surface area contributed by atoms with E-state index in [1.165, 1.54) is 0 Å². The maximum Gasteiger partial charge on any atom is 0.303 e. The normalized spacial score (nSPS) is 32.5. The number of carbonyl (C=O) groups is 1. The van der Waals surface area contributed by atoms with Gasteiger partial charge in [0.05, 0.1) is 6.42 Å². The number of nitrogens with zero attached hydrogens (tertiary/aromatic N) is 1. The zero-order chi connectivity index (χ0) is 8.43. The van der Waals surface area contributed by atoms with Crippen molar-refractivity contribution in [2.24, 2.45) is 11.7 Å². The molecule has 4 nitrogen and oxygen atoms in total. The van der Waals surface area contributed by atoms with E-state index in [1.807, 2.05) is 7.05 Å². The predicted octanol–water partition coefficient (Wildman–Crippen LogP) is -0.650. The molecule has 2 atom stereocenters. The van der Waals surface area contributed by atoms with Gasteiger partial charge in [-0.1, -0.05) is 0 Å². The second-order valence-corrected chi connectivity index (χ2v) is 3.24. The Kier molecular flexibility index (Phi) is 2.46. The summed E-state index contributed by atoms with van der Waals surface area (Å²) >= 11 is 0. The highest BCUT2D eigenvalue weighted by atomic mass is 16.4. The van der Waals surface area contributed by atoms with E-state index in [2.05, 4.69) is 4.90 Å². The van der Waals surface area contributed by atoms with E-state index in [0.717, 1.165) is 13.1 Å². The van der Waals surface area contributed by atoms with Crippen molar-refractivity contribution < 1.29 is 9.90 Å². The van der Waals surface area contributed by atoms with E-state index in [1.54, 1.807) is 0 Å². The molecule has 1 heterocycles. The van der Waals surface area contributed by atoms with Gasteiger partial charge in [-0.3, -0.25) is 4.79 Å². The SMILES string of the molecule is CN1C[C@H](CC(=O)O)[C@H](N)C1. The average molecular weight is 158 g/mol. The smallest absolute Gasteiger partial charge is 0.303 e. The predicted molar refractivity (Wildman–Crippen MR) is 41.2 cm³/mol. The van der Waals surface area contributed by atoms with E-state index in [-0.39, 0.29) is 18.4 Å². The van der Waals surface area contributed by atoms with Crippen molar-refractivity contribution in [3.63, 3.8) is 0 Å². The fraction of sp³-hybridized carbons (Fsp3) is 0.857. The van der Waals surface area contributed by atoms with Crippen molar-refractivity contribution in [2.75, 3.05) is 20.1 Å². The maximum absolute atomic E-state index is 10.3. The van der Waals surface area contributed by atoms with E-state index < -0.39 is 5.97 Å². The lowest BCUT2D eigenvalue weighted by atomic mass is 10.0. The van der Waals surface area contributed by atoms with E-state index in [0.29, 0.717) is 0 Å². The van der Waals surface area contributed by atoms with Crippen LogP contribution in [0.2, 0.25) is 0 Å². The number of carboxylic acid groups (broad SMARTS) is 1. The highest BCUT2D eigenvalue weighted by Crippen LogP contribution is 2.16. The molecule has 0 aliphatic carbocycles. The van der Waals surface area contributed by atoms with Crippen LogP contribution in [-0.4, -0.2) is 42.2 Å². The van der Waals surface area contributed by atoms with Gasteiger partial charge in [0.25, 0.3) is 0 Å². The highest BCUT2D eigenvalue weighted by Gasteiger charge is 2.29. The summed E-state index contributed by atoms with van der Waals surface area (Å²) < 4.78 is 0. The molecule has 1 aliphatic rings. The Balaban J connectivity index is 2.40. The molecule has 0 saturated carbocycles. The molecule has 1 rings (SSSR count). The van der Waals surface area contributed by atoms with Gasteiger partial charge < -0.3 is 15.7 Å². The first-order chi connectivity index (χ1) is 5.09. The van der Waals surface area contributed by atoms with Crippen LogP contribution < -0.4 is 5.73 Å². The van der Waals surface area contributed by atoms with Crippen LogP contribution in [0.15, 0.2) is 0 Å². The molecule has 64 valence electrons. The summed E-state index contributed by atoms with van der Waals surface area (Å²) in [5, 5.41) is 8.50. The van der Waals surface area contributed by atoms with Crippen molar-refractivity contribution in [1.29, 1.82) is 0 Å². The molecule has 1 aliphatic heterocycles. The molecule has 0 radical (unpaired) electrons. The van der Waals surface area contributed by atoms with Gasteiger partial charge in [-0.05, 0) is 13.0 Å². The van der Waals surface area contributed by atoms with Crippen molar-refractivity contribution in [3.05, 3.63) is 0 Å². The van der Waals surface area contributed by atoms with Gasteiger partial charge in [0.2, 0.25) is 0 Å². The van der Waals surface area contributed by atoms with Gasteiger partial charge >= 0.3 is 5.97 Å². The second-order valence-electron chi connectivity index (χ2n) is 3.24. The molecule has 4 heteroatoms. The van der Waals surface area contributed by atoms with Crippen LogP contribution >= 0.6 is 0 Å². The Morgan fingerprint density at radius 2 is 2.36 bits per heavy atom.